The fraction of sp³-hybridized carbons (Fsp3) is 0.231. The maximum absolute atomic E-state index is 12.3. The van der Waals surface area contributed by atoms with Gasteiger partial charge in [0.15, 0.2) is 0 Å². The van der Waals surface area contributed by atoms with Crippen molar-refractivity contribution in [3.8, 4) is 5.75 Å². The van der Waals surface area contributed by atoms with Crippen molar-refractivity contribution in [2.45, 2.75) is 18.1 Å². The van der Waals surface area contributed by atoms with Crippen LogP contribution in [0.1, 0.15) is 11.1 Å². The number of aryl methyl sites for hydroxylation is 2. The van der Waals surface area contributed by atoms with E-state index in [1.807, 2.05) is 13.8 Å². The van der Waals surface area contributed by atoms with Gasteiger partial charge in [0.25, 0.3) is 10.0 Å². The molecule has 7 heteroatoms. The number of sulfonamides is 1. The molecule has 0 aliphatic heterocycles. The molecule has 1 heterocycles. The fourth-order valence-corrected chi connectivity index (χ4v) is 4.99. The van der Waals surface area contributed by atoms with Gasteiger partial charge in [-0.2, -0.15) is 0 Å². The highest BCUT2D eigenvalue weighted by molar-refractivity contribution is 9.11. The number of ether oxygens (including phenoxy) is 1. The first-order valence-electron chi connectivity index (χ1n) is 5.77. The minimum atomic E-state index is -3.55. The van der Waals surface area contributed by atoms with Gasteiger partial charge in [0.1, 0.15) is 9.96 Å². The van der Waals surface area contributed by atoms with Crippen LogP contribution in [0.3, 0.4) is 0 Å². The summed E-state index contributed by atoms with van der Waals surface area (Å²) in [6.07, 6.45) is 0. The summed E-state index contributed by atoms with van der Waals surface area (Å²) in [5.41, 5.74) is 2.29. The predicted octanol–water partition coefficient (Wildman–Crippen LogP) is 3.94. The van der Waals surface area contributed by atoms with Crippen molar-refractivity contribution in [3.63, 3.8) is 0 Å². The molecule has 4 nitrogen and oxygen atoms in total. The maximum atomic E-state index is 12.3. The molecule has 108 valence electrons. The molecular formula is C13H14BrNO3S2. The normalized spacial score (nSPS) is 11.4. The molecule has 0 aliphatic carbocycles. The van der Waals surface area contributed by atoms with Gasteiger partial charge in [-0.05, 0) is 65.2 Å². The fourth-order valence-electron chi connectivity index (χ4n) is 1.71. The number of hydrogen-bond acceptors (Lipinski definition) is 4. The van der Waals surface area contributed by atoms with Crippen molar-refractivity contribution in [2.75, 3.05) is 11.8 Å². The third-order valence-corrected chi connectivity index (χ3v) is 6.74. The quantitative estimate of drug-likeness (QED) is 0.880. The van der Waals surface area contributed by atoms with Crippen molar-refractivity contribution in [2.24, 2.45) is 0 Å². The van der Waals surface area contributed by atoms with E-state index in [4.69, 9.17) is 4.74 Å². The molecule has 1 aromatic carbocycles. The molecule has 2 rings (SSSR count). The lowest BCUT2D eigenvalue weighted by Gasteiger charge is -2.09. The number of anilines is 1. The average molecular weight is 376 g/mol. The van der Waals surface area contributed by atoms with Crippen LogP contribution >= 0.6 is 27.3 Å². The molecule has 0 aliphatic rings. The monoisotopic (exact) mass is 375 g/mol. The van der Waals surface area contributed by atoms with E-state index in [2.05, 4.69) is 20.7 Å². The SMILES string of the molecule is COc1ccc(NS(=O)(=O)c2cc(C)c(Br)s2)cc1C. The minimum absolute atomic E-state index is 0.287. The molecule has 0 spiro atoms. The number of hydrogen-bond donors (Lipinski definition) is 1. The zero-order valence-electron chi connectivity index (χ0n) is 11.2. The van der Waals surface area contributed by atoms with E-state index in [9.17, 15) is 8.42 Å². The summed E-state index contributed by atoms with van der Waals surface area (Å²) in [6, 6.07) is 6.81. The number of methoxy groups -OCH3 is 1. The Morgan fingerprint density at radius 3 is 2.40 bits per heavy atom. The van der Waals surface area contributed by atoms with Crippen molar-refractivity contribution < 1.29 is 13.2 Å². The van der Waals surface area contributed by atoms with E-state index in [1.54, 1.807) is 31.4 Å². The third kappa shape index (κ3) is 3.16. The van der Waals surface area contributed by atoms with Crippen LogP contribution in [0.5, 0.6) is 5.75 Å². The van der Waals surface area contributed by atoms with Gasteiger partial charge in [-0.3, -0.25) is 4.72 Å². The summed E-state index contributed by atoms with van der Waals surface area (Å²) >= 11 is 4.53. The first-order valence-corrected chi connectivity index (χ1v) is 8.86. The Morgan fingerprint density at radius 1 is 1.20 bits per heavy atom. The van der Waals surface area contributed by atoms with E-state index in [1.165, 1.54) is 11.3 Å². The molecule has 0 saturated carbocycles. The number of rotatable bonds is 4. The zero-order valence-corrected chi connectivity index (χ0v) is 14.4. The molecule has 0 radical (unpaired) electrons. The van der Waals surface area contributed by atoms with Crippen LogP contribution in [0.4, 0.5) is 5.69 Å². The Kier molecular flexibility index (Phi) is 4.41. The van der Waals surface area contributed by atoms with Crippen LogP contribution in [0, 0.1) is 13.8 Å². The Morgan fingerprint density at radius 2 is 1.90 bits per heavy atom. The standard InChI is InChI=1S/C13H14BrNO3S2/c1-8-6-10(4-5-11(8)18-3)15-20(16,17)12-7-9(2)13(14)19-12/h4-7,15H,1-3H3. The second kappa shape index (κ2) is 5.75. The second-order valence-electron chi connectivity index (χ2n) is 4.31. The van der Waals surface area contributed by atoms with Crippen molar-refractivity contribution in [3.05, 3.63) is 39.2 Å². The highest BCUT2D eigenvalue weighted by Gasteiger charge is 2.18. The summed E-state index contributed by atoms with van der Waals surface area (Å²) in [4.78, 5) is 0. The average Bonchev–Trinajstić information content (AvgIpc) is 2.70. The molecule has 0 unspecified atom stereocenters. The van der Waals surface area contributed by atoms with Crippen LogP contribution < -0.4 is 9.46 Å². The van der Waals surface area contributed by atoms with E-state index in [-0.39, 0.29) is 4.21 Å². The van der Waals surface area contributed by atoms with Gasteiger partial charge in [-0.15, -0.1) is 11.3 Å². The largest absolute Gasteiger partial charge is 0.496 e. The Labute approximate surface area is 131 Å². The van der Waals surface area contributed by atoms with Gasteiger partial charge in [-0.1, -0.05) is 0 Å². The zero-order chi connectivity index (χ0) is 14.9. The second-order valence-corrected chi connectivity index (χ2v) is 8.59. The van der Waals surface area contributed by atoms with Crippen molar-refractivity contribution >= 4 is 43.0 Å². The lowest BCUT2D eigenvalue weighted by molar-refractivity contribution is 0.412. The number of halogens is 1. The summed E-state index contributed by atoms with van der Waals surface area (Å²) in [5.74, 6) is 0.725. The highest BCUT2D eigenvalue weighted by atomic mass is 79.9. The first-order chi connectivity index (χ1) is 9.33. The third-order valence-electron chi connectivity index (χ3n) is 2.75. The Bertz CT molecular complexity index is 719. The molecule has 0 bridgehead atoms. The van der Waals surface area contributed by atoms with Gasteiger partial charge in [0, 0.05) is 5.69 Å². The van der Waals surface area contributed by atoms with Crippen LogP contribution in [-0.4, -0.2) is 15.5 Å². The molecule has 0 fully saturated rings. The molecule has 2 aromatic rings. The molecule has 0 atom stereocenters. The topological polar surface area (TPSA) is 55.4 Å². The molecular weight excluding hydrogens is 362 g/mol. The Balaban J connectivity index is 2.31. The van der Waals surface area contributed by atoms with E-state index < -0.39 is 10.0 Å². The van der Waals surface area contributed by atoms with Gasteiger partial charge >= 0.3 is 0 Å². The smallest absolute Gasteiger partial charge is 0.271 e. The van der Waals surface area contributed by atoms with Gasteiger partial charge in [-0.25, -0.2) is 8.42 Å². The summed E-state index contributed by atoms with van der Waals surface area (Å²) in [6.45, 7) is 3.72. The van der Waals surface area contributed by atoms with Crippen LogP contribution in [-0.2, 0) is 10.0 Å². The molecule has 20 heavy (non-hydrogen) atoms. The Hall–Kier alpha value is -1.05. The van der Waals surface area contributed by atoms with Crippen LogP contribution in [0.25, 0.3) is 0 Å². The summed E-state index contributed by atoms with van der Waals surface area (Å²) in [5, 5.41) is 0. The molecule has 0 amide bonds. The lowest BCUT2D eigenvalue weighted by Crippen LogP contribution is -2.11. The van der Waals surface area contributed by atoms with E-state index >= 15 is 0 Å². The molecule has 1 N–H and O–H groups in total. The molecule has 0 saturated heterocycles. The van der Waals surface area contributed by atoms with Gasteiger partial charge in [0.2, 0.25) is 0 Å². The maximum Gasteiger partial charge on any atom is 0.271 e. The molecule has 1 aromatic heterocycles. The number of thiophene rings is 1. The van der Waals surface area contributed by atoms with Gasteiger partial charge in [0.05, 0.1) is 10.9 Å². The van der Waals surface area contributed by atoms with Crippen molar-refractivity contribution in [1.29, 1.82) is 0 Å². The number of benzene rings is 1. The first kappa shape index (κ1) is 15.3. The lowest BCUT2D eigenvalue weighted by atomic mass is 10.2. The number of nitrogens with one attached hydrogen (secondary N) is 1. The minimum Gasteiger partial charge on any atom is -0.496 e. The van der Waals surface area contributed by atoms with Crippen LogP contribution in [0.2, 0.25) is 0 Å². The van der Waals surface area contributed by atoms with Crippen LogP contribution in [0.15, 0.2) is 32.3 Å². The predicted molar refractivity (Wildman–Crippen MR) is 85.3 cm³/mol. The van der Waals surface area contributed by atoms with Crippen molar-refractivity contribution in [1.82, 2.24) is 0 Å². The van der Waals surface area contributed by atoms with E-state index in [0.717, 1.165) is 20.7 Å². The highest BCUT2D eigenvalue weighted by Crippen LogP contribution is 2.32. The van der Waals surface area contributed by atoms with Gasteiger partial charge < -0.3 is 4.74 Å². The summed E-state index contributed by atoms with van der Waals surface area (Å²) < 4.78 is 33.4. The summed E-state index contributed by atoms with van der Waals surface area (Å²) in [7, 11) is -1.97. The van der Waals surface area contributed by atoms with E-state index in [0.29, 0.717) is 5.69 Å².